The van der Waals surface area contributed by atoms with Crippen LogP contribution in [0.3, 0.4) is 0 Å². The summed E-state index contributed by atoms with van der Waals surface area (Å²) in [7, 11) is 0. The third-order valence-electron chi connectivity index (χ3n) is 5.63. The first-order chi connectivity index (χ1) is 13.7. The van der Waals surface area contributed by atoms with E-state index in [-0.39, 0.29) is 0 Å². The molecule has 156 valence electrons. The van der Waals surface area contributed by atoms with E-state index in [1.165, 1.54) is 68.9 Å². The van der Waals surface area contributed by atoms with Gasteiger partial charge in [0.2, 0.25) is 0 Å². The average Bonchev–Trinajstić information content (AvgIpc) is 2.72. The Bertz CT molecular complexity index is 588. The van der Waals surface area contributed by atoms with Gasteiger partial charge in [-0.05, 0) is 54.9 Å². The van der Waals surface area contributed by atoms with Crippen molar-refractivity contribution in [2.75, 3.05) is 6.61 Å². The van der Waals surface area contributed by atoms with Crippen LogP contribution in [0, 0.1) is 5.92 Å². The fraction of sp³-hybridized carbons (Fsp3) is 0.640. The Balaban J connectivity index is 1.71. The zero-order valence-electron chi connectivity index (χ0n) is 17.9. The average molecular weight is 387 g/mol. The van der Waals surface area contributed by atoms with Gasteiger partial charge in [-0.3, -0.25) is 0 Å². The Morgan fingerprint density at radius 1 is 0.964 bits per heavy atom. The maximum Gasteiger partial charge on any atom is 0.513 e. The first-order valence-electron chi connectivity index (χ1n) is 11.4. The van der Waals surface area contributed by atoms with E-state index in [1.54, 1.807) is 0 Å². The molecule has 1 aromatic rings. The molecule has 0 spiro atoms. The molecule has 28 heavy (non-hydrogen) atoms. The number of carbonyl (C=O) groups excluding carboxylic acids is 1. The van der Waals surface area contributed by atoms with Gasteiger partial charge in [-0.2, -0.15) is 0 Å². The van der Waals surface area contributed by atoms with E-state index in [0.717, 1.165) is 25.2 Å². The van der Waals surface area contributed by atoms with E-state index < -0.39 is 6.16 Å². The van der Waals surface area contributed by atoms with Gasteiger partial charge in [0, 0.05) is 0 Å². The summed E-state index contributed by atoms with van der Waals surface area (Å²) < 4.78 is 10.3. The highest BCUT2D eigenvalue weighted by Crippen LogP contribution is 2.33. The van der Waals surface area contributed by atoms with E-state index in [0.29, 0.717) is 12.4 Å². The van der Waals surface area contributed by atoms with Crippen molar-refractivity contribution in [3.8, 4) is 5.75 Å². The summed E-state index contributed by atoms with van der Waals surface area (Å²) >= 11 is 0. The second kappa shape index (κ2) is 13.4. The fourth-order valence-electron chi connectivity index (χ4n) is 3.79. The molecule has 3 nitrogen and oxygen atoms in total. The second-order valence-corrected chi connectivity index (χ2v) is 8.00. The zero-order chi connectivity index (χ0) is 20.0. The summed E-state index contributed by atoms with van der Waals surface area (Å²) in [6.45, 7) is 4.75. The van der Waals surface area contributed by atoms with Gasteiger partial charge >= 0.3 is 6.16 Å². The molecular weight excluding hydrogens is 348 g/mol. The van der Waals surface area contributed by atoms with Crippen molar-refractivity contribution in [2.24, 2.45) is 5.92 Å². The van der Waals surface area contributed by atoms with E-state index >= 15 is 0 Å². The minimum absolute atomic E-state index is 0.417. The standard InChI is InChI=1S/C25H38O3/c1-3-5-7-8-9-10-11-21-12-14-22(15-13-21)23-16-18-24(19-17-23)28-25(26)27-20-6-4-2/h14,16-19,21H,3-13,15,20H2,1-2H3. The van der Waals surface area contributed by atoms with Gasteiger partial charge < -0.3 is 9.47 Å². The van der Waals surface area contributed by atoms with Gasteiger partial charge in [-0.1, -0.05) is 83.4 Å². The van der Waals surface area contributed by atoms with E-state index in [2.05, 4.69) is 32.1 Å². The van der Waals surface area contributed by atoms with Gasteiger partial charge in [-0.25, -0.2) is 4.79 Å². The maximum atomic E-state index is 11.6. The number of carbonyl (C=O) groups is 1. The number of rotatable bonds is 12. The van der Waals surface area contributed by atoms with Crippen LogP contribution < -0.4 is 4.74 Å². The van der Waals surface area contributed by atoms with Crippen molar-refractivity contribution < 1.29 is 14.3 Å². The lowest BCUT2D eigenvalue weighted by atomic mass is 9.84. The quantitative estimate of drug-likeness (QED) is 0.208. The molecule has 0 radical (unpaired) electrons. The molecule has 0 aliphatic heterocycles. The highest BCUT2D eigenvalue weighted by atomic mass is 16.7. The summed E-state index contributed by atoms with van der Waals surface area (Å²) in [6.07, 6.45) is 17.0. The van der Waals surface area contributed by atoms with Crippen LogP contribution in [0.5, 0.6) is 5.75 Å². The normalized spacial score (nSPS) is 16.5. The van der Waals surface area contributed by atoms with Crippen LogP contribution in [-0.2, 0) is 4.74 Å². The molecular formula is C25H38O3. The Kier molecular flexibility index (Phi) is 10.8. The molecule has 1 unspecified atom stereocenters. The molecule has 1 aromatic carbocycles. The smallest absolute Gasteiger partial charge is 0.434 e. The third kappa shape index (κ3) is 8.50. The first-order valence-corrected chi connectivity index (χ1v) is 11.4. The number of benzene rings is 1. The first kappa shape index (κ1) is 22.5. The Hall–Kier alpha value is -1.77. The molecule has 0 amide bonds. The Labute approximate surface area is 171 Å². The van der Waals surface area contributed by atoms with Crippen LogP contribution in [0.15, 0.2) is 30.3 Å². The highest BCUT2D eigenvalue weighted by molar-refractivity contribution is 5.68. The fourth-order valence-corrected chi connectivity index (χ4v) is 3.79. The lowest BCUT2D eigenvalue weighted by Crippen LogP contribution is -2.11. The summed E-state index contributed by atoms with van der Waals surface area (Å²) in [5.41, 5.74) is 2.67. The molecule has 1 atom stereocenters. The van der Waals surface area contributed by atoms with Gasteiger partial charge in [0.25, 0.3) is 0 Å². The topological polar surface area (TPSA) is 35.5 Å². The number of unbranched alkanes of at least 4 members (excludes halogenated alkanes) is 6. The lowest BCUT2D eigenvalue weighted by Gasteiger charge is -2.22. The van der Waals surface area contributed by atoms with Gasteiger partial charge in [0.1, 0.15) is 5.75 Å². The molecule has 0 aromatic heterocycles. The second-order valence-electron chi connectivity index (χ2n) is 8.00. The van der Waals surface area contributed by atoms with Crippen LogP contribution in [-0.4, -0.2) is 12.8 Å². The van der Waals surface area contributed by atoms with Crippen molar-refractivity contribution in [2.45, 2.75) is 90.9 Å². The van der Waals surface area contributed by atoms with E-state index in [4.69, 9.17) is 9.47 Å². The van der Waals surface area contributed by atoms with Gasteiger partial charge in [0.05, 0.1) is 6.61 Å². The van der Waals surface area contributed by atoms with E-state index in [1.807, 2.05) is 12.1 Å². The Morgan fingerprint density at radius 2 is 1.68 bits per heavy atom. The largest absolute Gasteiger partial charge is 0.513 e. The molecule has 1 aliphatic carbocycles. The number of hydrogen-bond donors (Lipinski definition) is 0. The SMILES string of the molecule is CCCCCCCCC1CC=C(c2ccc(OC(=O)OCCCC)cc2)CC1. The molecule has 0 saturated carbocycles. The molecule has 0 bridgehead atoms. The van der Waals surface area contributed by atoms with Crippen LogP contribution in [0.2, 0.25) is 0 Å². The number of ether oxygens (including phenoxy) is 2. The van der Waals surface area contributed by atoms with Gasteiger partial charge in [0.15, 0.2) is 0 Å². The van der Waals surface area contributed by atoms with Crippen molar-refractivity contribution in [3.05, 3.63) is 35.9 Å². The summed E-state index contributed by atoms with van der Waals surface area (Å²) in [5.74, 6) is 1.40. The lowest BCUT2D eigenvalue weighted by molar-refractivity contribution is 0.0978. The van der Waals surface area contributed by atoms with Crippen molar-refractivity contribution >= 4 is 11.7 Å². The predicted molar refractivity (Wildman–Crippen MR) is 117 cm³/mol. The van der Waals surface area contributed by atoms with Gasteiger partial charge in [-0.15, -0.1) is 0 Å². The molecule has 0 fully saturated rings. The van der Waals surface area contributed by atoms with Crippen LogP contribution in [0.1, 0.15) is 96.5 Å². The highest BCUT2D eigenvalue weighted by Gasteiger charge is 2.15. The maximum absolute atomic E-state index is 11.6. The molecule has 3 heteroatoms. The molecule has 1 aliphatic rings. The zero-order valence-corrected chi connectivity index (χ0v) is 17.9. The Morgan fingerprint density at radius 3 is 2.36 bits per heavy atom. The van der Waals surface area contributed by atoms with Crippen LogP contribution >= 0.6 is 0 Å². The summed E-state index contributed by atoms with van der Waals surface area (Å²) in [6, 6.07) is 7.82. The minimum atomic E-state index is -0.615. The van der Waals surface area contributed by atoms with Crippen molar-refractivity contribution in [3.63, 3.8) is 0 Å². The van der Waals surface area contributed by atoms with E-state index in [9.17, 15) is 4.79 Å². The third-order valence-corrected chi connectivity index (χ3v) is 5.63. The summed E-state index contributed by atoms with van der Waals surface area (Å²) in [4.78, 5) is 11.6. The van der Waals surface area contributed by atoms with Crippen LogP contribution in [0.4, 0.5) is 4.79 Å². The van der Waals surface area contributed by atoms with Crippen molar-refractivity contribution in [1.82, 2.24) is 0 Å². The number of allylic oxidation sites excluding steroid dienone is 2. The molecule has 0 heterocycles. The molecule has 0 saturated heterocycles. The monoisotopic (exact) mass is 386 g/mol. The predicted octanol–water partition coefficient (Wildman–Crippen LogP) is 7.94. The summed E-state index contributed by atoms with van der Waals surface area (Å²) in [5, 5.41) is 0. The minimum Gasteiger partial charge on any atom is -0.434 e. The molecule has 0 N–H and O–H groups in total. The molecule has 2 rings (SSSR count). The number of hydrogen-bond acceptors (Lipinski definition) is 3. The van der Waals surface area contributed by atoms with Crippen molar-refractivity contribution in [1.29, 1.82) is 0 Å². The van der Waals surface area contributed by atoms with Crippen LogP contribution in [0.25, 0.3) is 5.57 Å².